The van der Waals surface area contributed by atoms with Crippen molar-refractivity contribution in [1.29, 1.82) is 0 Å². The first-order valence-corrected chi connectivity index (χ1v) is 8.25. The van der Waals surface area contributed by atoms with Crippen LogP contribution in [-0.2, 0) is 22.4 Å². The zero-order valence-electron chi connectivity index (χ0n) is 13.6. The van der Waals surface area contributed by atoms with Crippen LogP contribution in [-0.4, -0.2) is 18.9 Å². The summed E-state index contributed by atoms with van der Waals surface area (Å²) in [5.74, 6) is -0.347. The molecule has 3 nitrogen and oxygen atoms in total. The van der Waals surface area contributed by atoms with E-state index in [0.717, 1.165) is 18.2 Å². The Hall–Kier alpha value is -2.68. The van der Waals surface area contributed by atoms with Gasteiger partial charge in [-0.15, -0.1) is 0 Å². The minimum atomic E-state index is -0.347. The van der Waals surface area contributed by atoms with Crippen LogP contribution in [0, 0.1) is 0 Å². The Morgan fingerprint density at radius 1 is 1.00 bits per heavy atom. The first kappa shape index (κ1) is 14.9. The number of Topliss-reactive ketones (excluding diaryl/α,β-unsaturated/α-hetero) is 1. The van der Waals surface area contributed by atoms with Crippen molar-refractivity contribution in [2.45, 2.75) is 25.7 Å². The third-order valence-electron chi connectivity index (χ3n) is 4.95. The van der Waals surface area contributed by atoms with Gasteiger partial charge in [-0.25, -0.2) is 0 Å². The summed E-state index contributed by atoms with van der Waals surface area (Å²) in [4.78, 5) is 24.0. The molecule has 3 aromatic carbocycles. The van der Waals surface area contributed by atoms with Crippen molar-refractivity contribution in [3.8, 4) is 0 Å². The molecule has 3 aromatic rings. The fraction of sp³-hybridized carbons (Fsp3) is 0.238. The van der Waals surface area contributed by atoms with Gasteiger partial charge in [-0.05, 0) is 51.6 Å². The maximum absolute atomic E-state index is 12.7. The standard InChI is InChI=1S/C21H18O3/c1-24-20(23)11-10-19(22)16-8-6-13-7-9-17-15-5-3-2-4-14(15)12-18(16)21(13)17/h2-6,8,12H,7,9-11H2,1H3. The average Bonchev–Trinajstić information content (AvgIpc) is 3.05. The lowest BCUT2D eigenvalue weighted by atomic mass is 9.92. The summed E-state index contributed by atoms with van der Waals surface area (Å²) >= 11 is 0. The molecule has 0 unspecified atom stereocenters. The number of ether oxygens (including phenoxy) is 1. The van der Waals surface area contributed by atoms with E-state index in [4.69, 9.17) is 0 Å². The summed E-state index contributed by atoms with van der Waals surface area (Å²) in [5, 5.41) is 4.70. The average molecular weight is 318 g/mol. The number of aryl methyl sites for hydroxylation is 2. The number of methoxy groups -OCH3 is 1. The second kappa shape index (κ2) is 5.75. The van der Waals surface area contributed by atoms with Gasteiger partial charge in [-0.3, -0.25) is 9.59 Å². The molecule has 120 valence electrons. The van der Waals surface area contributed by atoms with Gasteiger partial charge in [-0.1, -0.05) is 36.4 Å². The molecule has 0 radical (unpaired) electrons. The van der Waals surface area contributed by atoms with E-state index >= 15 is 0 Å². The van der Waals surface area contributed by atoms with E-state index in [0.29, 0.717) is 5.56 Å². The van der Waals surface area contributed by atoms with E-state index in [2.05, 4.69) is 35.1 Å². The second-order valence-corrected chi connectivity index (χ2v) is 6.27. The molecular weight excluding hydrogens is 300 g/mol. The van der Waals surface area contributed by atoms with Gasteiger partial charge < -0.3 is 4.74 Å². The number of carbonyl (C=O) groups is 2. The van der Waals surface area contributed by atoms with Crippen molar-refractivity contribution >= 4 is 33.3 Å². The third-order valence-corrected chi connectivity index (χ3v) is 4.95. The molecule has 0 aliphatic heterocycles. The molecule has 3 heteroatoms. The summed E-state index contributed by atoms with van der Waals surface area (Å²) in [7, 11) is 1.35. The number of carbonyl (C=O) groups excluding carboxylic acids is 2. The molecule has 0 amide bonds. The van der Waals surface area contributed by atoms with Gasteiger partial charge in [0.15, 0.2) is 5.78 Å². The van der Waals surface area contributed by atoms with Gasteiger partial charge >= 0.3 is 5.97 Å². The highest BCUT2D eigenvalue weighted by molar-refractivity contribution is 6.14. The van der Waals surface area contributed by atoms with Crippen LogP contribution in [0.2, 0.25) is 0 Å². The number of hydrogen-bond acceptors (Lipinski definition) is 3. The Kier molecular flexibility index (Phi) is 3.57. The van der Waals surface area contributed by atoms with E-state index in [1.807, 2.05) is 12.1 Å². The van der Waals surface area contributed by atoms with E-state index in [9.17, 15) is 9.59 Å². The molecule has 24 heavy (non-hydrogen) atoms. The summed E-state index contributed by atoms with van der Waals surface area (Å²) < 4.78 is 4.64. The summed E-state index contributed by atoms with van der Waals surface area (Å²) in [6.45, 7) is 0. The van der Waals surface area contributed by atoms with Crippen molar-refractivity contribution < 1.29 is 14.3 Å². The molecule has 0 aromatic heterocycles. The van der Waals surface area contributed by atoms with E-state index in [1.165, 1.54) is 34.4 Å². The fourth-order valence-electron chi connectivity index (χ4n) is 3.78. The third kappa shape index (κ3) is 2.28. The Labute approximate surface area is 140 Å². The van der Waals surface area contributed by atoms with Crippen molar-refractivity contribution in [3.05, 3.63) is 59.2 Å². The van der Waals surface area contributed by atoms with Crippen molar-refractivity contribution in [2.75, 3.05) is 7.11 Å². The second-order valence-electron chi connectivity index (χ2n) is 6.27. The van der Waals surface area contributed by atoms with Crippen LogP contribution in [0.4, 0.5) is 0 Å². The highest BCUT2D eigenvalue weighted by Crippen LogP contribution is 2.38. The molecule has 1 aliphatic carbocycles. The van der Waals surface area contributed by atoms with Gasteiger partial charge in [0.2, 0.25) is 0 Å². The Bertz CT molecular complexity index is 985. The van der Waals surface area contributed by atoms with Crippen LogP contribution in [0.3, 0.4) is 0 Å². The molecular formula is C21H18O3. The number of fused-ring (bicyclic) bond motifs is 2. The number of benzene rings is 3. The van der Waals surface area contributed by atoms with E-state index in [-0.39, 0.29) is 24.6 Å². The van der Waals surface area contributed by atoms with Gasteiger partial charge in [0, 0.05) is 12.0 Å². The van der Waals surface area contributed by atoms with Gasteiger partial charge in [-0.2, -0.15) is 0 Å². The maximum atomic E-state index is 12.7. The van der Waals surface area contributed by atoms with E-state index in [1.54, 1.807) is 0 Å². The van der Waals surface area contributed by atoms with Crippen LogP contribution in [0.25, 0.3) is 21.5 Å². The lowest BCUT2D eigenvalue weighted by Crippen LogP contribution is -2.06. The predicted octanol–water partition coefficient (Wildman–Crippen LogP) is 4.23. The van der Waals surface area contributed by atoms with Crippen molar-refractivity contribution in [2.24, 2.45) is 0 Å². The lowest BCUT2D eigenvalue weighted by Gasteiger charge is -2.11. The largest absolute Gasteiger partial charge is 0.469 e. The molecule has 0 saturated heterocycles. The molecule has 0 saturated carbocycles. The molecule has 0 N–H and O–H groups in total. The van der Waals surface area contributed by atoms with E-state index < -0.39 is 0 Å². The highest BCUT2D eigenvalue weighted by atomic mass is 16.5. The molecule has 0 atom stereocenters. The number of esters is 1. The molecule has 1 aliphatic rings. The maximum Gasteiger partial charge on any atom is 0.305 e. The molecule has 0 spiro atoms. The monoisotopic (exact) mass is 318 g/mol. The van der Waals surface area contributed by atoms with Crippen LogP contribution < -0.4 is 0 Å². The Morgan fingerprint density at radius 2 is 1.83 bits per heavy atom. The van der Waals surface area contributed by atoms with Crippen LogP contribution >= 0.6 is 0 Å². The number of ketones is 1. The molecule has 4 rings (SSSR count). The van der Waals surface area contributed by atoms with Crippen LogP contribution in [0.1, 0.15) is 34.3 Å². The lowest BCUT2D eigenvalue weighted by molar-refractivity contribution is -0.140. The first-order valence-electron chi connectivity index (χ1n) is 8.25. The zero-order valence-corrected chi connectivity index (χ0v) is 13.6. The SMILES string of the molecule is COC(=O)CCC(=O)c1ccc2c3c(c4ccccc4cc13)CC2. The Balaban J connectivity index is 1.87. The van der Waals surface area contributed by atoms with Gasteiger partial charge in [0.05, 0.1) is 13.5 Å². The number of rotatable bonds is 4. The quantitative estimate of drug-likeness (QED) is 0.411. The predicted molar refractivity (Wildman–Crippen MR) is 94.4 cm³/mol. The van der Waals surface area contributed by atoms with Crippen LogP contribution in [0.15, 0.2) is 42.5 Å². The fourth-order valence-corrected chi connectivity index (χ4v) is 3.78. The minimum Gasteiger partial charge on any atom is -0.469 e. The molecule has 0 fully saturated rings. The first-order chi connectivity index (χ1) is 11.7. The van der Waals surface area contributed by atoms with Gasteiger partial charge in [0.25, 0.3) is 0 Å². The normalized spacial score (nSPS) is 12.7. The zero-order chi connectivity index (χ0) is 16.7. The number of hydrogen-bond donors (Lipinski definition) is 0. The molecule has 0 bridgehead atoms. The summed E-state index contributed by atoms with van der Waals surface area (Å²) in [5.41, 5.74) is 3.38. The minimum absolute atomic E-state index is 0.0000751. The smallest absolute Gasteiger partial charge is 0.305 e. The highest BCUT2D eigenvalue weighted by Gasteiger charge is 2.21. The summed E-state index contributed by atoms with van der Waals surface area (Å²) in [6, 6.07) is 14.4. The summed E-state index contributed by atoms with van der Waals surface area (Å²) in [6.07, 6.45) is 2.35. The Morgan fingerprint density at radius 3 is 2.67 bits per heavy atom. The molecule has 0 heterocycles. The van der Waals surface area contributed by atoms with Crippen molar-refractivity contribution in [1.82, 2.24) is 0 Å². The van der Waals surface area contributed by atoms with Crippen molar-refractivity contribution in [3.63, 3.8) is 0 Å². The van der Waals surface area contributed by atoms with Crippen LogP contribution in [0.5, 0.6) is 0 Å². The van der Waals surface area contributed by atoms with Gasteiger partial charge in [0.1, 0.15) is 0 Å². The topological polar surface area (TPSA) is 43.4 Å².